The van der Waals surface area contributed by atoms with Crippen molar-refractivity contribution in [1.82, 2.24) is 15.0 Å². The highest BCUT2D eigenvalue weighted by molar-refractivity contribution is 6.28. The Morgan fingerprint density at radius 1 is 1.48 bits per heavy atom. The summed E-state index contributed by atoms with van der Waals surface area (Å²) in [6.07, 6.45) is 0.410. The van der Waals surface area contributed by atoms with Crippen molar-refractivity contribution in [3.05, 3.63) is 23.2 Å². The first-order valence-electron chi connectivity index (χ1n) is 6.90. The third-order valence-corrected chi connectivity index (χ3v) is 3.59. The van der Waals surface area contributed by atoms with Crippen molar-refractivity contribution in [1.29, 1.82) is 0 Å². The van der Waals surface area contributed by atoms with Crippen molar-refractivity contribution in [2.24, 2.45) is 5.92 Å². The summed E-state index contributed by atoms with van der Waals surface area (Å²) in [5, 5.41) is 4.16. The van der Waals surface area contributed by atoms with Gasteiger partial charge in [-0.2, -0.15) is 4.98 Å². The molecule has 1 aliphatic heterocycles. The first-order valence-corrected chi connectivity index (χ1v) is 7.28. The largest absolute Gasteiger partial charge is 0.441 e. The lowest BCUT2D eigenvalue weighted by Crippen LogP contribution is -2.29. The molecule has 1 fully saturated rings. The maximum absolute atomic E-state index is 12.0. The molecule has 0 bridgehead atoms. The number of hydrogen-bond acceptors (Lipinski definition) is 5. The van der Waals surface area contributed by atoms with E-state index in [-0.39, 0.29) is 17.0 Å². The van der Waals surface area contributed by atoms with Crippen molar-refractivity contribution >= 4 is 17.5 Å². The molecule has 1 unspecified atom stereocenters. The lowest BCUT2D eigenvalue weighted by molar-refractivity contribution is -0.128. The second-order valence-electron chi connectivity index (χ2n) is 5.65. The molecule has 0 aliphatic carbocycles. The van der Waals surface area contributed by atoms with E-state index >= 15 is 0 Å². The van der Waals surface area contributed by atoms with Crippen LogP contribution < -0.4 is 0 Å². The molecule has 6 nitrogen and oxygen atoms in total. The lowest BCUT2D eigenvalue weighted by atomic mass is 10.1. The molecule has 2 aromatic heterocycles. The quantitative estimate of drug-likeness (QED) is 0.868. The van der Waals surface area contributed by atoms with Gasteiger partial charge in [0, 0.05) is 19.5 Å². The van der Waals surface area contributed by atoms with Gasteiger partial charge in [-0.25, -0.2) is 0 Å². The van der Waals surface area contributed by atoms with E-state index in [0.717, 1.165) is 6.54 Å². The molecule has 1 saturated heterocycles. The van der Waals surface area contributed by atoms with Gasteiger partial charge in [0.1, 0.15) is 0 Å². The smallest absolute Gasteiger partial charge is 0.238 e. The number of hydrogen-bond donors (Lipinski definition) is 0. The van der Waals surface area contributed by atoms with Gasteiger partial charge >= 0.3 is 0 Å². The van der Waals surface area contributed by atoms with Gasteiger partial charge in [0.2, 0.25) is 17.6 Å². The summed E-state index contributed by atoms with van der Waals surface area (Å²) in [6.45, 7) is 5.56. The zero-order valence-corrected chi connectivity index (χ0v) is 12.6. The van der Waals surface area contributed by atoms with Crippen LogP contribution in [0, 0.1) is 5.92 Å². The van der Waals surface area contributed by atoms with Crippen LogP contribution in [0.25, 0.3) is 11.6 Å². The van der Waals surface area contributed by atoms with E-state index in [2.05, 4.69) is 24.0 Å². The SMILES string of the molecule is CC(C)CN1CC(c2nc(-c3ccc(Cl)o3)no2)CC1=O. The first-order chi connectivity index (χ1) is 10.0. The van der Waals surface area contributed by atoms with Crippen molar-refractivity contribution in [3.8, 4) is 11.6 Å². The minimum Gasteiger partial charge on any atom is -0.441 e. The zero-order valence-electron chi connectivity index (χ0n) is 11.9. The van der Waals surface area contributed by atoms with Crippen LogP contribution in [-0.2, 0) is 4.79 Å². The second-order valence-corrected chi connectivity index (χ2v) is 6.03. The monoisotopic (exact) mass is 309 g/mol. The molecule has 3 rings (SSSR count). The van der Waals surface area contributed by atoms with Crippen LogP contribution >= 0.6 is 11.6 Å². The number of rotatable bonds is 4. The summed E-state index contributed by atoms with van der Waals surface area (Å²) in [4.78, 5) is 18.1. The summed E-state index contributed by atoms with van der Waals surface area (Å²) in [7, 11) is 0. The summed E-state index contributed by atoms with van der Waals surface area (Å²) in [6, 6.07) is 3.30. The Balaban J connectivity index is 1.74. The first kappa shape index (κ1) is 14.1. The normalized spacial score (nSPS) is 19.0. The summed E-state index contributed by atoms with van der Waals surface area (Å²) < 4.78 is 10.5. The highest BCUT2D eigenvalue weighted by Crippen LogP contribution is 2.29. The van der Waals surface area contributed by atoms with Gasteiger partial charge < -0.3 is 13.8 Å². The van der Waals surface area contributed by atoms with Crippen LogP contribution in [0.15, 0.2) is 21.1 Å². The van der Waals surface area contributed by atoms with Crippen LogP contribution in [0.3, 0.4) is 0 Å². The molecule has 0 radical (unpaired) electrons. The molecule has 0 spiro atoms. The standard InChI is InChI=1S/C14H16ClN3O3/c1-8(2)6-18-7-9(5-12(18)19)14-16-13(17-21-14)10-3-4-11(15)20-10/h3-4,8-9H,5-7H2,1-2H3. The Kier molecular flexibility index (Phi) is 3.71. The molecule has 2 aromatic rings. The molecule has 3 heterocycles. The van der Waals surface area contributed by atoms with Crippen molar-refractivity contribution < 1.29 is 13.7 Å². The topological polar surface area (TPSA) is 72.4 Å². The Bertz CT molecular complexity index is 649. The van der Waals surface area contributed by atoms with Crippen LogP contribution in [0.5, 0.6) is 0 Å². The van der Waals surface area contributed by atoms with E-state index in [1.807, 2.05) is 4.90 Å². The number of amides is 1. The fourth-order valence-corrected chi connectivity index (χ4v) is 2.64. The fourth-order valence-electron chi connectivity index (χ4n) is 2.49. The van der Waals surface area contributed by atoms with Crippen molar-refractivity contribution in [2.75, 3.05) is 13.1 Å². The van der Waals surface area contributed by atoms with Crippen molar-refractivity contribution in [3.63, 3.8) is 0 Å². The van der Waals surface area contributed by atoms with Crippen LogP contribution in [-0.4, -0.2) is 34.0 Å². The van der Waals surface area contributed by atoms with Gasteiger partial charge in [0.05, 0.1) is 5.92 Å². The fraction of sp³-hybridized carbons (Fsp3) is 0.500. The van der Waals surface area contributed by atoms with E-state index in [9.17, 15) is 4.79 Å². The van der Waals surface area contributed by atoms with Gasteiger partial charge in [0.15, 0.2) is 11.0 Å². The van der Waals surface area contributed by atoms with E-state index in [1.54, 1.807) is 12.1 Å². The van der Waals surface area contributed by atoms with Crippen LogP contribution in [0.4, 0.5) is 0 Å². The third kappa shape index (κ3) is 2.95. The third-order valence-electron chi connectivity index (χ3n) is 3.38. The number of likely N-dealkylation sites (tertiary alicyclic amines) is 1. The highest BCUT2D eigenvalue weighted by atomic mass is 35.5. The van der Waals surface area contributed by atoms with E-state index in [4.69, 9.17) is 20.5 Å². The number of aromatic nitrogens is 2. The number of halogens is 1. The molecule has 0 N–H and O–H groups in total. The molecule has 1 atom stereocenters. The Morgan fingerprint density at radius 2 is 2.29 bits per heavy atom. The summed E-state index contributed by atoms with van der Waals surface area (Å²) >= 11 is 5.73. The van der Waals surface area contributed by atoms with Crippen molar-refractivity contribution in [2.45, 2.75) is 26.2 Å². The van der Waals surface area contributed by atoms with Crippen LogP contribution in [0.1, 0.15) is 32.1 Å². The zero-order chi connectivity index (χ0) is 15.0. The van der Waals surface area contributed by atoms with Gasteiger partial charge in [-0.15, -0.1) is 0 Å². The van der Waals surface area contributed by atoms with Crippen LogP contribution in [0.2, 0.25) is 5.22 Å². The van der Waals surface area contributed by atoms with Gasteiger partial charge in [0.25, 0.3) is 0 Å². The summed E-state index contributed by atoms with van der Waals surface area (Å²) in [5.74, 6) is 1.80. The Hall–Kier alpha value is -1.82. The van der Waals surface area contributed by atoms with Gasteiger partial charge in [-0.3, -0.25) is 4.79 Å². The minimum absolute atomic E-state index is 0.0528. The number of nitrogens with zero attached hydrogens (tertiary/aromatic N) is 3. The molecule has 0 saturated carbocycles. The Morgan fingerprint density at radius 3 is 2.95 bits per heavy atom. The molecule has 0 aromatic carbocycles. The maximum Gasteiger partial charge on any atom is 0.238 e. The number of carbonyl (C=O) groups is 1. The second kappa shape index (κ2) is 5.52. The average molecular weight is 310 g/mol. The van der Waals surface area contributed by atoms with Gasteiger partial charge in [-0.05, 0) is 29.7 Å². The lowest BCUT2D eigenvalue weighted by Gasteiger charge is -2.18. The molecule has 7 heteroatoms. The van der Waals surface area contributed by atoms with E-state index < -0.39 is 0 Å². The predicted molar refractivity (Wildman–Crippen MR) is 75.8 cm³/mol. The molecule has 1 amide bonds. The molecule has 112 valence electrons. The number of furan rings is 1. The molecule has 21 heavy (non-hydrogen) atoms. The molecule has 1 aliphatic rings. The van der Waals surface area contributed by atoms with E-state index in [0.29, 0.717) is 36.4 Å². The average Bonchev–Trinajstić information content (AvgIpc) is 3.09. The minimum atomic E-state index is -0.0528. The van der Waals surface area contributed by atoms with Gasteiger partial charge in [-0.1, -0.05) is 19.0 Å². The highest BCUT2D eigenvalue weighted by Gasteiger charge is 2.34. The Labute approximate surface area is 127 Å². The number of carbonyl (C=O) groups excluding carboxylic acids is 1. The predicted octanol–water partition coefficient (Wildman–Crippen LogP) is 2.95. The maximum atomic E-state index is 12.0. The molecular weight excluding hydrogens is 294 g/mol. The summed E-state index contributed by atoms with van der Waals surface area (Å²) in [5.41, 5.74) is 0. The molecular formula is C14H16ClN3O3. The van der Waals surface area contributed by atoms with E-state index in [1.165, 1.54) is 0 Å².